The van der Waals surface area contributed by atoms with Crippen molar-refractivity contribution in [2.24, 2.45) is 5.92 Å². The van der Waals surface area contributed by atoms with Crippen LogP contribution in [0.5, 0.6) is 0 Å². The Morgan fingerprint density at radius 1 is 1.25 bits per heavy atom. The molecule has 12 heavy (non-hydrogen) atoms. The van der Waals surface area contributed by atoms with E-state index in [1.165, 1.54) is 18.4 Å². The Labute approximate surface area is 72.2 Å². The maximum absolute atomic E-state index is 8.94. The maximum Gasteiger partial charge on any atom is 0.0597 e. The third-order valence-corrected chi connectivity index (χ3v) is 2.39. The minimum absolute atomic E-state index is 0.145. The van der Waals surface area contributed by atoms with Crippen molar-refractivity contribution in [3.63, 3.8) is 0 Å². The van der Waals surface area contributed by atoms with E-state index in [9.17, 15) is 0 Å². The standard InChI is InChI=1S/C10H13NO/c12-11-10(9-6-7-9)8-4-2-1-3-5-8/h1-5,9-12H,6-7H2. The molecule has 1 unspecified atom stereocenters. The van der Waals surface area contributed by atoms with Gasteiger partial charge in [-0.2, -0.15) is 5.48 Å². The Morgan fingerprint density at radius 3 is 2.42 bits per heavy atom. The van der Waals surface area contributed by atoms with Crippen LogP contribution in [0.4, 0.5) is 0 Å². The van der Waals surface area contributed by atoms with E-state index in [2.05, 4.69) is 5.48 Å². The quantitative estimate of drug-likeness (QED) is 0.669. The fourth-order valence-corrected chi connectivity index (χ4v) is 1.54. The number of benzene rings is 1. The molecule has 0 aromatic heterocycles. The molecule has 0 radical (unpaired) electrons. The van der Waals surface area contributed by atoms with E-state index in [-0.39, 0.29) is 6.04 Å². The summed E-state index contributed by atoms with van der Waals surface area (Å²) in [5, 5.41) is 8.94. The summed E-state index contributed by atoms with van der Waals surface area (Å²) < 4.78 is 0. The van der Waals surface area contributed by atoms with Crippen LogP contribution < -0.4 is 5.48 Å². The predicted octanol–water partition coefficient (Wildman–Crippen LogP) is 2.12. The van der Waals surface area contributed by atoms with Gasteiger partial charge in [-0.25, -0.2) is 0 Å². The van der Waals surface area contributed by atoms with E-state index in [0.29, 0.717) is 5.92 Å². The Bertz CT molecular complexity index is 243. The van der Waals surface area contributed by atoms with Gasteiger partial charge in [-0.1, -0.05) is 30.3 Å². The molecule has 1 aromatic carbocycles. The molecule has 64 valence electrons. The van der Waals surface area contributed by atoms with Gasteiger partial charge in [0.05, 0.1) is 6.04 Å². The molecule has 1 aliphatic rings. The highest BCUT2D eigenvalue weighted by Crippen LogP contribution is 2.40. The molecule has 0 heterocycles. The van der Waals surface area contributed by atoms with Gasteiger partial charge in [0.25, 0.3) is 0 Å². The molecule has 1 saturated carbocycles. The van der Waals surface area contributed by atoms with E-state index in [1.807, 2.05) is 30.3 Å². The first-order valence-corrected chi connectivity index (χ1v) is 4.36. The number of nitrogens with one attached hydrogen (secondary N) is 1. The summed E-state index contributed by atoms with van der Waals surface area (Å²) in [6.45, 7) is 0. The molecule has 0 spiro atoms. The molecule has 0 saturated heterocycles. The number of rotatable bonds is 3. The molecule has 2 nitrogen and oxygen atoms in total. The Kier molecular flexibility index (Phi) is 2.11. The molecule has 1 atom stereocenters. The van der Waals surface area contributed by atoms with Crippen molar-refractivity contribution in [1.82, 2.24) is 5.48 Å². The second-order valence-electron chi connectivity index (χ2n) is 3.35. The highest BCUT2D eigenvalue weighted by atomic mass is 16.5. The molecule has 0 aliphatic heterocycles. The molecule has 2 heteroatoms. The third-order valence-electron chi connectivity index (χ3n) is 2.39. The first kappa shape index (κ1) is 7.77. The Balaban J connectivity index is 2.15. The summed E-state index contributed by atoms with van der Waals surface area (Å²) in [6.07, 6.45) is 2.46. The lowest BCUT2D eigenvalue weighted by molar-refractivity contribution is 0.116. The molecular formula is C10H13NO. The highest BCUT2D eigenvalue weighted by molar-refractivity contribution is 5.20. The van der Waals surface area contributed by atoms with Gasteiger partial charge in [0.1, 0.15) is 0 Å². The molecule has 1 fully saturated rings. The lowest BCUT2D eigenvalue weighted by atomic mass is 10.0. The van der Waals surface area contributed by atoms with E-state index < -0.39 is 0 Å². The summed E-state index contributed by atoms with van der Waals surface area (Å²) in [7, 11) is 0. The minimum atomic E-state index is 0.145. The van der Waals surface area contributed by atoms with E-state index in [1.54, 1.807) is 0 Å². The summed E-state index contributed by atoms with van der Waals surface area (Å²) in [5.74, 6) is 0.636. The fourth-order valence-electron chi connectivity index (χ4n) is 1.54. The fraction of sp³-hybridized carbons (Fsp3) is 0.400. The highest BCUT2D eigenvalue weighted by Gasteiger charge is 2.31. The van der Waals surface area contributed by atoms with Crippen LogP contribution in [0.15, 0.2) is 30.3 Å². The van der Waals surface area contributed by atoms with Crippen LogP contribution >= 0.6 is 0 Å². The zero-order valence-corrected chi connectivity index (χ0v) is 6.90. The van der Waals surface area contributed by atoms with Gasteiger partial charge < -0.3 is 5.21 Å². The summed E-state index contributed by atoms with van der Waals surface area (Å²) in [4.78, 5) is 0. The second kappa shape index (κ2) is 3.25. The van der Waals surface area contributed by atoms with E-state index >= 15 is 0 Å². The molecular weight excluding hydrogens is 150 g/mol. The SMILES string of the molecule is ONC(c1ccccc1)C1CC1. The van der Waals surface area contributed by atoms with Gasteiger partial charge in [0, 0.05) is 0 Å². The molecule has 0 bridgehead atoms. The van der Waals surface area contributed by atoms with Gasteiger partial charge in [0.15, 0.2) is 0 Å². The lowest BCUT2D eigenvalue weighted by Crippen LogP contribution is -2.18. The Hall–Kier alpha value is -0.860. The van der Waals surface area contributed by atoms with Crippen molar-refractivity contribution < 1.29 is 5.21 Å². The normalized spacial score (nSPS) is 19.1. The van der Waals surface area contributed by atoms with E-state index in [0.717, 1.165) is 0 Å². The van der Waals surface area contributed by atoms with Crippen LogP contribution in [0.2, 0.25) is 0 Å². The van der Waals surface area contributed by atoms with Crippen LogP contribution in [0.3, 0.4) is 0 Å². The van der Waals surface area contributed by atoms with Crippen LogP contribution in [0, 0.1) is 5.92 Å². The maximum atomic E-state index is 8.94. The average Bonchev–Trinajstić information content (AvgIpc) is 2.92. The van der Waals surface area contributed by atoms with Gasteiger partial charge in [-0.05, 0) is 24.3 Å². The molecule has 0 amide bonds. The minimum Gasteiger partial charge on any atom is -0.316 e. The second-order valence-corrected chi connectivity index (χ2v) is 3.35. The molecule has 2 N–H and O–H groups in total. The number of hydroxylamine groups is 1. The third kappa shape index (κ3) is 1.49. The zero-order valence-electron chi connectivity index (χ0n) is 6.90. The summed E-state index contributed by atoms with van der Waals surface area (Å²) in [6, 6.07) is 10.2. The van der Waals surface area contributed by atoms with Gasteiger partial charge >= 0.3 is 0 Å². The average molecular weight is 163 g/mol. The lowest BCUT2D eigenvalue weighted by Gasteiger charge is -2.13. The summed E-state index contributed by atoms with van der Waals surface area (Å²) >= 11 is 0. The van der Waals surface area contributed by atoms with E-state index in [4.69, 9.17) is 5.21 Å². The van der Waals surface area contributed by atoms with Crippen molar-refractivity contribution in [2.75, 3.05) is 0 Å². The largest absolute Gasteiger partial charge is 0.316 e. The zero-order chi connectivity index (χ0) is 8.39. The number of hydrogen-bond acceptors (Lipinski definition) is 2. The molecule has 1 aromatic rings. The van der Waals surface area contributed by atoms with Gasteiger partial charge in [-0.15, -0.1) is 0 Å². The van der Waals surface area contributed by atoms with Crippen molar-refractivity contribution in [3.8, 4) is 0 Å². The van der Waals surface area contributed by atoms with Gasteiger partial charge in [-0.3, -0.25) is 0 Å². The van der Waals surface area contributed by atoms with Crippen molar-refractivity contribution in [1.29, 1.82) is 0 Å². The predicted molar refractivity (Wildman–Crippen MR) is 46.8 cm³/mol. The van der Waals surface area contributed by atoms with Crippen LogP contribution in [-0.2, 0) is 0 Å². The monoisotopic (exact) mass is 163 g/mol. The van der Waals surface area contributed by atoms with Crippen molar-refractivity contribution >= 4 is 0 Å². The smallest absolute Gasteiger partial charge is 0.0597 e. The first-order chi connectivity index (χ1) is 5.92. The first-order valence-electron chi connectivity index (χ1n) is 4.36. The number of hydrogen-bond donors (Lipinski definition) is 2. The Morgan fingerprint density at radius 2 is 1.92 bits per heavy atom. The molecule has 1 aliphatic carbocycles. The molecule has 2 rings (SSSR count). The van der Waals surface area contributed by atoms with Gasteiger partial charge in [0.2, 0.25) is 0 Å². The summed E-state index contributed by atoms with van der Waals surface area (Å²) in [5.41, 5.74) is 3.56. The van der Waals surface area contributed by atoms with Crippen LogP contribution in [-0.4, -0.2) is 5.21 Å². The topological polar surface area (TPSA) is 32.3 Å². The van der Waals surface area contributed by atoms with Crippen LogP contribution in [0.25, 0.3) is 0 Å². The van der Waals surface area contributed by atoms with Crippen molar-refractivity contribution in [2.45, 2.75) is 18.9 Å². The van der Waals surface area contributed by atoms with Crippen LogP contribution in [0.1, 0.15) is 24.4 Å². The van der Waals surface area contributed by atoms with Crippen molar-refractivity contribution in [3.05, 3.63) is 35.9 Å².